The van der Waals surface area contributed by atoms with Crippen molar-refractivity contribution in [3.63, 3.8) is 0 Å². The minimum atomic E-state index is -0.615. The number of allylic oxidation sites excluding steroid dienone is 2. The summed E-state index contributed by atoms with van der Waals surface area (Å²) in [4.78, 5) is 40.2. The third-order valence-corrected chi connectivity index (χ3v) is 2.58. The molecule has 0 bridgehead atoms. The van der Waals surface area contributed by atoms with E-state index in [9.17, 15) is 14.4 Å². The highest BCUT2D eigenvalue weighted by Gasteiger charge is 2.31. The highest BCUT2D eigenvalue weighted by Crippen LogP contribution is 2.24. The van der Waals surface area contributed by atoms with Crippen molar-refractivity contribution in [3.8, 4) is 0 Å². The summed E-state index contributed by atoms with van der Waals surface area (Å²) in [6.45, 7) is 11.5. The fourth-order valence-corrected chi connectivity index (χ4v) is 1.75. The van der Waals surface area contributed by atoms with E-state index in [0.29, 0.717) is 11.1 Å². The van der Waals surface area contributed by atoms with Crippen LogP contribution in [0.2, 0.25) is 0 Å². The quantitative estimate of drug-likeness (QED) is 0.793. The van der Waals surface area contributed by atoms with Crippen LogP contribution in [0.15, 0.2) is 52.2 Å². The van der Waals surface area contributed by atoms with Gasteiger partial charge >= 0.3 is 5.69 Å². The van der Waals surface area contributed by atoms with Gasteiger partial charge in [0.2, 0.25) is 0 Å². The molecule has 0 unspecified atom stereocenters. The van der Waals surface area contributed by atoms with Crippen LogP contribution >= 0.6 is 0 Å². The molecule has 20 heavy (non-hydrogen) atoms. The molecule has 2 N–H and O–H groups in total. The van der Waals surface area contributed by atoms with Crippen molar-refractivity contribution < 1.29 is 4.79 Å². The van der Waals surface area contributed by atoms with Crippen LogP contribution in [0, 0.1) is 0 Å². The summed E-state index contributed by atoms with van der Waals surface area (Å²) < 4.78 is 0. The van der Waals surface area contributed by atoms with Crippen molar-refractivity contribution in [2.75, 3.05) is 11.4 Å². The zero-order valence-corrected chi connectivity index (χ0v) is 11.5. The summed E-state index contributed by atoms with van der Waals surface area (Å²) in [5, 5.41) is 0. The Balaban J connectivity index is 0.000000956. The van der Waals surface area contributed by atoms with Gasteiger partial charge in [-0.25, -0.2) is 4.79 Å². The molecule has 2 rings (SSSR count). The van der Waals surface area contributed by atoms with Crippen molar-refractivity contribution in [2.45, 2.75) is 13.8 Å². The first-order valence-electron chi connectivity index (χ1n) is 6.19. The number of hydrogen-bond donors (Lipinski definition) is 2. The Morgan fingerprint density at radius 3 is 2.50 bits per heavy atom. The number of rotatable bonds is 2. The van der Waals surface area contributed by atoms with Crippen molar-refractivity contribution >= 4 is 11.6 Å². The Morgan fingerprint density at radius 1 is 1.30 bits per heavy atom. The summed E-state index contributed by atoms with van der Waals surface area (Å²) in [6, 6.07) is 0. The van der Waals surface area contributed by atoms with Crippen LogP contribution in [0.1, 0.15) is 13.8 Å². The molecule has 6 heteroatoms. The number of hydrogen-bond acceptors (Lipinski definition) is 3. The molecule has 0 saturated carbocycles. The Bertz CT molecular complexity index is 679. The van der Waals surface area contributed by atoms with Gasteiger partial charge in [0, 0.05) is 11.8 Å². The third kappa shape index (κ3) is 2.85. The maximum absolute atomic E-state index is 12.0. The lowest BCUT2D eigenvalue weighted by atomic mass is 10.1. The Hall–Kier alpha value is -2.63. The second-order valence-electron chi connectivity index (χ2n) is 3.77. The zero-order chi connectivity index (χ0) is 15.3. The number of aromatic amines is 2. The monoisotopic (exact) mass is 275 g/mol. The van der Waals surface area contributed by atoms with Crippen LogP contribution in [-0.2, 0) is 4.79 Å². The highest BCUT2D eigenvalue weighted by atomic mass is 16.2. The molecule has 1 saturated heterocycles. The molecule has 1 aliphatic rings. The molecular formula is C14H17N3O3. The van der Waals surface area contributed by atoms with Crippen LogP contribution in [0.5, 0.6) is 0 Å². The van der Waals surface area contributed by atoms with Crippen LogP contribution in [-0.4, -0.2) is 22.4 Å². The molecule has 2 heterocycles. The number of anilines is 1. The number of carbonyl (C=O) groups is 1. The van der Waals surface area contributed by atoms with Crippen LogP contribution in [0.3, 0.4) is 0 Å². The summed E-state index contributed by atoms with van der Waals surface area (Å²) in [5.41, 5.74) is -0.120. The largest absolute Gasteiger partial charge is 0.325 e. The molecule has 0 spiro atoms. The van der Waals surface area contributed by atoms with Gasteiger partial charge in [0.1, 0.15) is 5.69 Å². The summed E-state index contributed by atoms with van der Waals surface area (Å²) in [7, 11) is 0. The van der Waals surface area contributed by atoms with Gasteiger partial charge in [0.25, 0.3) is 11.5 Å². The predicted octanol–water partition coefficient (Wildman–Crippen LogP) is 1.10. The fraction of sp³-hybridized carbons (Fsp3) is 0.214. The second-order valence-corrected chi connectivity index (χ2v) is 3.77. The van der Waals surface area contributed by atoms with E-state index in [-0.39, 0.29) is 18.1 Å². The molecule has 0 aliphatic carbocycles. The van der Waals surface area contributed by atoms with Crippen molar-refractivity contribution in [1.29, 1.82) is 0 Å². The van der Waals surface area contributed by atoms with E-state index in [1.807, 2.05) is 13.8 Å². The average molecular weight is 275 g/mol. The number of aromatic nitrogens is 2. The van der Waals surface area contributed by atoms with E-state index >= 15 is 0 Å². The van der Waals surface area contributed by atoms with Gasteiger partial charge in [-0.2, -0.15) is 0 Å². The van der Waals surface area contributed by atoms with E-state index < -0.39 is 11.2 Å². The fourth-order valence-electron chi connectivity index (χ4n) is 1.75. The van der Waals surface area contributed by atoms with Gasteiger partial charge in [-0.1, -0.05) is 33.1 Å². The van der Waals surface area contributed by atoms with E-state index in [2.05, 4.69) is 23.1 Å². The third-order valence-electron chi connectivity index (χ3n) is 2.58. The SMILES string of the molecule is C=C/C=C1\C(=C)CN(c2c[nH]c(=O)[nH]c2=O)C1=O.CC. The number of carbonyl (C=O) groups excluding carboxylic acids is 1. The van der Waals surface area contributed by atoms with E-state index in [4.69, 9.17) is 0 Å². The molecular weight excluding hydrogens is 258 g/mol. The first-order chi connectivity index (χ1) is 9.54. The molecule has 1 fully saturated rings. The normalized spacial score (nSPS) is 16.1. The Morgan fingerprint density at radius 2 is 1.95 bits per heavy atom. The van der Waals surface area contributed by atoms with Crippen molar-refractivity contribution in [2.24, 2.45) is 0 Å². The molecule has 6 nitrogen and oxygen atoms in total. The van der Waals surface area contributed by atoms with Gasteiger partial charge in [-0.15, -0.1) is 0 Å². The van der Waals surface area contributed by atoms with Crippen molar-refractivity contribution in [3.05, 3.63) is 63.5 Å². The van der Waals surface area contributed by atoms with Gasteiger partial charge < -0.3 is 4.98 Å². The topological polar surface area (TPSA) is 86.0 Å². The molecule has 0 radical (unpaired) electrons. The lowest BCUT2D eigenvalue weighted by Gasteiger charge is -2.12. The summed E-state index contributed by atoms with van der Waals surface area (Å²) >= 11 is 0. The first kappa shape index (κ1) is 15.4. The van der Waals surface area contributed by atoms with Gasteiger partial charge in [0.15, 0.2) is 0 Å². The molecule has 0 aromatic carbocycles. The van der Waals surface area contributed by atoms with Gasteiger partial charge in [0.05, 0.1) is 6.54 Å². The average Bonchev–Trinajstić information content (AvgIpc) is 2.70. The maximum Gasteiger partial charge on any atom is 0.325 e. The molecule has 1 aromatic heterocycles. The van der Waals surface area contributed by atoms with Crippen LogP contribution < -0.4 is 16.1 Å². The van der Waals surface area contributed by atoms with E-state index in [0.717, 1.165) is 0 Å². The predicted molar refractivity (Wildman–Crippen MR) is 78.8 cm³/mol. The highest BCUT2D eigenvalue weighted by molar-refractivity contribution is 6.12. The summed E-state index contributed by atoms with van der Waals surface area (Å²) in [5.74, 6) is -0.336. The molecule has 1 aliphatic heterocycles. The maximum atomic E-state index is 12.0. The van der Waals surface area contributed by atoms with Gasteiger partial charge in [-0.3, -0.25) is 19.5 Å². The lowest BCUT2D eigenvalue weighted by Crippen LogP contribution is -2.33. The van der Waals surface area contributed by atoms with Crippen LogP contribution in [0.4, 0.5) is 5.69 Å². The molecule has 1 aromatic rings. The van der Waals surface area contributed by atoms with Crippen molar-refractivity contribution in [1.82, 2.24) is 9.97 Å². The number of H-pyrrole nitrogens is 2. The minimum absolute atomic E-state index is 0.0909. The molecule has 106 valence electrons. The number of nitrogens with one attached hydrogen (secondary N) is 2. The first-order valence-corrected chi connectivity index (χ1v) is 6.19. The standard InChI is InChI=1S/C12H11N3O3.C2H6/c1-3-4-8-7(2)6-15(11(8)17)9-5-13-12(18)14-10(9)16;1-2/h3-5H,1-2,6H2,(H2,13,14,16,18);1-2H3/b8-4+;. The lowest BCUT2D eigenvalue weighted by molar-refractivity contribution is -0.114. The zero-order valence-electron chi connectivity index (χ0n) is 11.5. The smallest absolute Gasteiger partial charge is 0.312 e. The Labute approximate surface area is 116 Å². The van der Waals surface area contributed by atoms with Crippen LogP contribution in [0.25, 0.3) is 0 Å². The van der Waals surface area contributed by atoms with E-state index in [1.54, 1.807) is 6.08 Å². The number of amides is 1. The summed E-state index contributed by atoms with van der Waals surface area (Å²) in [6.07, 6.45) is 4.24. The molecule has 0 atom stereocenters. The molecule has 1 amide bonds. The number of nitrogens with zero attached hydrogens (tertiary/aromatic N) is 1. The Kier molecular flexibility index (Phi) is 5.02. The van der Waals surface area contributed by atoms with E-state index in [1.165, 1.54) is 17.2 Å². The van der Waals surface area contributed by atoms with Gasteiger partial charge in [-0.05, 0) is 11.6 Å². The second kappa shape index (κ2) is 6.51. The minimum Gasteiger partial charge on any atom is -0.312 e.